The summed E-state index contributed by atoms with van der Waals surface area (Å²) in [5.41, 5.74) is 4.21. The maximum Gasteiger partial charge on any atom is 0.335 e. The predicted octanol–water partition coefficient (Wildman–Crippen LogP) is 2.91. The van der Waals surface area contributed by atoms with Crippen molar-refractivity contribution in [2.75, 3.05) is 13.2 Å². The molecule has 21 heavy (non-hydrogen) atoms. The van der Waals surface area contributed by atoms with Gasteiger partial charge in [-0.3, -0.25) is 4.79 Å². The number of rotatable bonds is 4. The SMILES string of the molecule is CCOC(=O)C1=Cc2ccc(C)c(C)c2C1C(=O)OCC. The fourth-order valence-electron chi connectivity index (χ4n) is 2.64. The Morgan fingerprint density at radius 1 is 1.10 bits per heavy atom. The van der Waals surface area contributed by atoms with Crippen molar-refractivity contribution in [1.29, 1.82) is 0 Å². The topological polar surface area (TPSA) is 52.6 Å². The van der Waals surface area contributed by atoms with Crippen molar-refractivity contribution in [3.63, 3.8) is 0 Å². The molecule has 1 aliphatic carbocycles. The van der Waals surface area contributed by atoms with Gasteiger partial charge in [-0.25, -0.2) is 4.79 Å². The quantitative estimate of drug-likeness (QED) is 0.799. The summed E-state index contributed by atoms with van der Waals surface area (Å²) < 4.78 is 10.2. The van der Waals surface area contributed by atoms with Gasteiger partial charge in [0.2, 0.25) is 0 Å². The molecule has 112 valence electrons. The Morgan fingerprint density at radius 2 is 1.76 bits per heavy atom. The van der Waals surface area contributed by atoms with Crippen LogP contribution in [0.15, 0.2) is 17.7 Å². The van der Waals surface area contributed by atoms with Gasteiger partial charge in [-0.05, 0) is 56.0 Å². The fourth-order valence-corrected chi connectivity index (χ4v) is 2.64. The van der Waals surface area contributed by atoms with Gasteiger partial charge in [-0.15, -0.1) is 0 Å². The lowest BCUT2D eigenvalue weighted by Crippen LogP contribution is -2.22. The molecular weight excluding hydrogens is 268 g/mol. The van der Waals surface area contributed by atoms with E-state index in [9.17, 15) is 9.59 Å². The smallest absolute Gasteiger partial charge is 0.335 e. The van der Waals surface area contributed by atoms with Crippen LogP contribution in [0, 0.1) is 13.8 Å². The first-order valence-electron chi connectivity index (χ1n) is 7.16. The van der Waals surface area contributed by atoms with Crippen molar-refractivity contribution in [2.45, 2.75) is 33.6 Å². The largest absolute Gasteiger partial charge is 0.465 e. The first-order chi connectivity index (χ1) is 10.0. The molecule has 0 bridgehead atoms. The summed E-state index contributed by atoms with van der Waals surface area (Å²) in [5.74, 6) is -1.54. The molecule has 0 spiro atoms. The number of benzene rings is 1. The molecule has 2 rings (SSSR count). The maximum atomic E-state index is 12.3. The zero-order valence-corrected chi connectivity index (χ0v) is 12.9. The van der Waals surface area contributed by atoms with E-state index in [0.717, 1.165) is 22.3 Å². The number of aryl methyl sites for hydroxylation is 1. The Morgan fingerprint density at radius 3 is 2.38 bits per heavy atom. The minimum atomic E-state index is -0.682. The lowest BCUT2D eigenvalue weighted by atomic mass is 9.90. The number of esters is 2. The van der Waals surface area contributed by atoms with E-state index in [0.29, 0.717) is 5.57 Å². The van der Waals surface area contributed by atoms with Crippen LogP contribution in [-0.4, -0.2) is 25.2 Å². The van der Waals surface area contributed by atoms with Gasteiger partial charge in [-0.1, -0.05) is 12.1 Å². The molecule has 1 aliphatic rings. The van der Waals surface area contributed by atoms with Crippen LogP contribution in [0.25, 0.3) is 6.08 Å². The van der Waals surface area contributed by atoms with Crippen LogP contribution in [0.5, 0.6) is 0 Å². The third-order valence-corrected chi connectivity index (χ3v) is 3.76. The van der Waals surface area contributed by atoms with E-state index in [1.807, 2.05) is 26.0 Å². The molecule has 0 saturated heterocycles. The summed E-state index contributed by atoms with van der Waals surface area (Å²) in [6.07, 6.45) is 1.74. The van der Waals surface area contributed by atoms with Gasteiger partial charge in [-0.2, -0.15) is 0 Å². The van der Waals surface area contributed by atoms with Crippen LogP contribution in [0.2, 0.25) is 0 Å². The second-order valence-corrected chi connectivity index (χ2v) is 5.02. The summed E-state index contributed by atoms with van der Waals surface area (Å²) in [4.78, 5) is 24.5. The van der Waals surface area contributed by atoms with Crippen molar-refractivity contribution in [3.8, 4) is 0 Å². The Hall–Kier alpha value is -2.10. The molecule has 1 aromatic carbocycles. The summed E-state index contributed by atoms with van der Waals surface area (Å²) in [7, 11) is 0. The number of fused-ring (bicyclic) bond motifs is 1. The van der Waals surface area contributed by atoms with Gasteiger partial charge in [0.1, 0.15) is 5.92 Å². The number of hydrogen-bond donors (Lipinski definition) is 0. The van der Waals surface area contributed by atoms with Crippen molar-refractivity contribution >= 4 is 18.0 Å². The molecule has 0 aromatic heterocycles. The maximum absolute atomic E-state index is 12.3. The van der Waals surface area contributed by atoms with Crippen LogP contribution < -0.4 is 0 Å². The molecule has 1 atom stereocenters. The van der Waals surface area contributed by atoms with E-state index in [1.165, 1.54) is 0 Å². The first-order valence-corrected chi connectivity index (χ1v) is 7.16. The van der Waals surface area contributed by atoms with Gasteiger partial charge >= 0.3 is 11.9 Å². The number of carbonyl (C=O) groups is 2. The molecule has 0 amide bonds. The fraction of sp³-hybridized carbons (Fsp3) is 0.412. The normalized spacial score (nSPS) is 16.2. The number of hydrogen-bond acceptors (Lipinski definition) is 4. The molecule has 1 unspecified atom stereocenters. The third kappa shape index (κ3) is 2.71. The highest BCUT2D eigenvalue weighted by Gasteiger charge is 2.38. The molecule has 0 fully saturated rings. The monoisotopic (exact) mass is 288 g/mol. The van der Waals surface area contributed by atoms with Gasteiger partial charge in [0.15, 0.2) is 0 Å². The summed E-state index contributed by atoms with van der Waals surface area (Å²) >= 11 is 0. The summed E-state index contributed by atoms with van der Waals surface area (Å²) in [5, 5.41) is 0. The van der Waals surface area contributed by atoms with Crippen molar-refractivity contribution < 1.29 is 19.1 Å². The predicted molar refractivity (Wildman–Crippen MR) is 79.9 cm³/mol. The Kier molecular flexibility index (Phi) is 4.46. The van der Waals surface area contributed by atoms with Gasteiger partial charge < -0.3 is 9.47 Å². The Balaban J connectivity index is 2.51. The second-order valence-electron chi connectivity index (χ2n) is 5.02. The third-order valence-electron chi connectivity index (χ3n) is 3.76. The summed E-state index contributed by atoms with van der Waals surface area (Å²) in [6.45, 7) is 8.01. The lowest BCUT2D eigenvalue weighted by Gasteiger charge is -2.17. The van der Waals surface area contributed by atoms with Crippen LogP contribution >= 0.6 is 0 Å². The average Bonchev–Trinajstić information content (AvgIpc) is 2.84. The molecule has 0 saturated carbocycles. The Bertz CT molecular complexity index is 613. The lowest BCUT2D eigenvalue weighted by molar-refractivity contribution is -0.147. The summed E-state index contributed by atoms with van der Waals surface area (Å²) in [6, 6.07) is 3.91. The van der Waals surface area contributed by atoms with Crippen LogP contribution in [-0.2, 0) is 19.1 Å². The van der Waals surface area contributed by atoms with Crippen LogP contribution in [0.3, 0.4) is 0 Å². The van der Waals surface area contributed by atoms with E-state index < -0.39 is 17.9 Å². The van der Waals surface area contributed by atoms with E-state index in [-0.39, 0.29) is 13.2 Å². The van der Waals surface area contributed by atoms with Crippen molar-refractivity contribution in [1.82, 2.24) is 0 Å². The van der Waals surface area contributed by atoms with E-state index in [1.54, 1.807) is 19.9 Å². The van der Waals surface area contributed by atoms with Gasteiger partial charge in [0.25, 0.3) is 0 Å². The number of ether oxygens (including phenoxy) is 2. The van der Waals surface area contributed by atoms with E-state index in [4.69, 9.17) is 9.47 Å². The highest BCUT2D eigenvalue weighted by molar-refractivity contribution is 6.06. The minimum Gasteiger partial charge on any atom is -0.465 e. The molecular formula is C17H20O4. The number of carbonyl (C=O) groups excluding carboxylic acids is 2. The van der Waals surface area contributed by atoms with Crippen LogP contribution in [0.4, 0.5) is 0 Å². The highest BCUT2D eigenvalue weighted by atomic mass is 16.5. The van der Waals surface area contributed by atoms with Gasteiger partial charge in [0.05, 0.1) is 18.8 Å². The Labute approximate surface area is 124 Å². The van der Waals surface area contributed by atoms with E-state index >= 15 is 0 Å². The average molecular weight is 288 g/mol. The molecule has 1 aromatic rings. The van der Waals surface area contributed by atoms with Crippen molar-refractivity contribution in [3.05, 3.63) is 40.0 Å². The molecule has 4 nitrogen and oxygen atoms in total. The minimum absolute atomic E-state index is 0.278. The van der Waals surface area contributed by atoms with Crippen LogP contribution in [0.1, 0.15) is 42.0 Å². The van der Waals surface area contributed by atoms with Gasteiger partial charge in [0, 0.05) is 0 Å². The zero-order chi connectivity index (χ0) is 15.6. The molecule has 0 N–H and O–H groups in total. The highest BCUT2D eigenvalue weighted by Crippen LogP contribution is 2.40. The molecule has 0 heterocycles. The zero-order valence-electron chi connectivity index (χ0n) is 12.9. The second kappa shape index (κ2) is 6.12. The molecule has 0 radical (unpaired) electrons. The molecule has 0 aliphatic heterocycles. The standard InChI is InChI=1S/C17H20O4/c1-5-20-16(18)13-9-12-8-7-10(3)11(4)14(12)15(13)17(19)21-6-2/h7-9,15H,5-6H2,1-4H3. The van der Waals surface area contributed by atoms with E-state index in [2.05, 4.69) is 0 Å². The molecule has 4 heteroatoms. The van der Waals surface area contributed by atoms with Crippen molar-refractivity contribution in [2.24, 2.45) is 0 Å². The first kappa shape index (κ1) is 15.3.